The van der Waals surface area contributed by atoms with Gasteiger partial charge in [-0.05, 0) is 37.6 Å². The highest BCUT2D eigenvalue weighted by Crippen LogP contribution is 2.25. The van der Waals surface area contributed by atoms with Gasteiger partial charge >= 0.3 is 10.8 Å². The molecule has 0 fully saturated rings. The molecule has 0 amide bonds. The summed E-state index contributed by atoms with van der Waals surface area (Å²) in [6, 6.07) is 6.56. The summed E-state index contributed by atoms with van der Waals surface area (Å²) in [6.07, 6.45) is 1.62. The Bertz CT molecular complexity index is 1060. The van der Waals surface area contributed by atoms with Crippen molar-refractivity contribution in [3.63, 3.8) is 0 Å². The maximum Gasteiger partial charge on any atom is 0.337 e. The Hall–Kier alpha value is -2.71. The molecule has 27 heavy (non-hydrogen) atoms. The molecular weight excluding hydrogens is 388 g/mol. The van der Waals surface area contributed by atoms with Crippen LogP contribution in [0.15, 0.2) is 35.3 Å². The van der Waals surface area contributed by atoms with E-state index in [4.69, 9.17) is 16.7 Å². The molecule has 0 aliphatic carbocycles. The van der Waals surface area contributed by atoms with Crippen LogP contribution in [-0.4, -0.2) is 25.6 Å². The Kier molecular flexibility index (Phi) is 5.57. The van der Waals surface area contributed by atoms with Crippen molar-refractivity contribution in [1.82, 2.24) is 14.5 Å². The van der Waals surface area contributed by atoms with Gasteiger partial charge in [0.25, 0.3) is 0 Å². The molecule has 0 saturated heterocycles. The average molecular weight is 405 g/mol. The van der Waals surface area contributed by atoms with Gasteiger partial charge in [-0.2, -0.15) is 0 Å². The van der Waals surface area contributed by atoms with Crippen molar-refractivity contribution < 1.29 is 9.90 Å². The maximum atomic E-state index is 12.0. The molecule has 0 saturated carbocycles. The minimum Gasteiger partial charge on any atom is -0.478 e. The lowest BCUT2D eigenvalue weighted by molar-refractivity contribution is 0.0697. The van der Waals surface area contributed by atoms with Crippen LogP contribution in [0.3, 0.4) is 0 Å². The predicted octanol–water partition coefficient (Wildman–Crippen LogP) is 3.66. The molecule has 0 aliphatic rings. The summed E-state index contributed by atoms with van der Waals surface area (Å²) in [7, 11) is 0. The summed E-state index contributed by atoms with van der Waals surface area (Å²) in [6.45, 7) is 4.77. The van der Waals surface area contributed by atoms with Crippen LogP contribution in [0, 0.1) is 6.92 Å². The van der Waals surface area contributed by atoms with E-state index in [0.29, 0.717) is 24.7 Å². The highest BCUT2D eigenvalue weighted by atomic mass is 35.5. The predicted molar refractivity (Wildman–Crippen MR) is 106 cm³/mol. The molecule has 2 N–H and O–H groups in total. The third-order valence-corrected chi connectivity index (χ3v) is 5.49. The number of hydrogen-bond acceptors (Lipinski definition) is 6. The van der Waals surface area contributed by atoms with Crippen LogP contribution in [0.25, 0.3) is 10.6 Å². The Morgan fingerprint density at radius 3 is 2.81 bits per heavy atom. The second-order valence-corrected chi connectivity index (χ2v) is 7.13. The van der Waals surface area contributed by atoms with Crippen LogP contribution in [-0.2, 0) is 13.1 Å². The Labute approximate surface area is 164 Å². The van der Waals surface area contributed by atoms with Crippen molar-refractivity contribution in [3.05, 3.63) is 62.0 Å². The zero-order valence-electron chi connectivity index (χ0n) is 14.7. The number of nitrogens with one attached hydrogen (secondary N) is 1. The summed E-state index contributed by atoms with van der Waals surface area (Å²) in [5.41, 5.74) is 2.33. The number of hydrogen-bond donors (Lipinski definition) is 2. The van der Waals surface area contributed by atoms with E-state index in [1.165, 1.54) is 6.07 Å². The SMILES string of the molecule is CCn1c(C)c(-c2ccnc(NCc3ccc(Cl)c(C(=O)O)c3)n2)sc1=O. The lowest BCUT2D eigenvalue weighted by Gasteiger charge is -2.08. The normalized spacial score (nSPS) is 10.8. The van der Waals surface area contributed by atoms with Crippen LogP contribution in [0.5, 0.6) is 0 Å². The van der Waals surface area contributed by atoms with Gasteiger partial charge < -0.3 is 15.0 Å². The molecule has 9 heteroatoms. The average Bonchev–Trinajstić information content (AvgIpc) is 2.94. The van der Waals surface area contributed by atoms with Crippen molar-refractivity contribution >= 4 is 34.9 Å². The van der Waals surface area contributed by atoms with Crippen molar-refractivity contribution in [2.75, 3.05) is 5.32 Å². The summed E-state index contributed by atoms with van der Waals surface area (Å²) < 4.78 is 1.70. The Balaban J connectivity index is 1.82. The summed E-state index contributed by atoms with van der Waals surface area (Å²) in [5.74, 6) is -0.687. The van der Waals surface area contributed by atoms with Gasteiger partial charge in [0, 0.05) is 25.0 Å². The van der Waals surface area contributed by atoms with Crippen LogP contribution in [0.2, 0.25) is 5.02 Å². The number of nitrogens with zero attached hydrogens (tertiary/aromatic N) is 3. The van der Waals surface area contributed by atoms with E-state index in [2.05, 4.69) is 15.3 Å². The minimum atomic E-state index is -1.08. The molecule has 0 atom stereocenters. The van der Waals surface area contributed by atoms with Crippen molar-refractivity contribution in [3.8, 4) is 10.6 Å². The topological polar surface area (TPSA) is 97.1 Å². The molecule has 2 heterocycles. The number of thiazole rings is 1. The molecule has 2 aromatic heterocycles. The highest BCUT2D eigenvalue weighted by Gasteiger charge is 2.14. The molecule has 7 nitrogen and oxygen atoms in total. The summed E-state index contributed by atoms with van der Waals surface area (Å²) >= 11 is 7.04. The van der Waals surface area contributed by atoms with E-state index < -0.39 is 5.97 Å². The lowest BCUT2D eigenvalue weighted by Crippen LogP contribution is -2.12. The maximum absolute atomic E-state index is 12.0. The fourth-order valence-corrected chi connectivity index (χ4v) is 3.90. The van der Waals surface area contributed by atoms with Gasteiger partial charge in [-0.15, -0.1) is 0 Å². The van der Waals surface area contributed by atoms with E-state index in [-0.39, 0.29) is 15.5 Å². The first kappa shape index (κ1) is 19.1. The van der Waals surface area contributed by atoms with E-state index in [9.17, 15) is 9.59 Å². The first-order valence-corrected chi connectivity index (χ1v) is 9.39. The van der Waals surface area contributed by atoms with E-state index >= 15 is 0 Å². The number of carboxylic acids is 1. The van der Waals surface area contributed by atoms with Gasteiger partial charge in [-0.1, -0.05) is 29.0 Å². The molecule has 3 aromatic rings. The molecule has 0 spiro atoms. The zero-order chi connectivity index (χ0) is 19.6. The molecular formula is C18H17ClN4O3S. The number of aromatic nitrogens is 3. The molecule has 140 valence electrons. The fraction of sp³-hybridized carbons (Fsp3) is 0.222. The fourth-order valence-electron chi connectivity index (χ4n) is 2.68. The summed E-state index contributed by atoms with van der Waals surface area (Å²) in [4.78, 5) is 32.7. The van der Waals surface area contributed by atoms with Crippen LogP contribution >= 0.6 is 22.9 Å². The zero-order valence-corrected chi connectivity index (χ0v) is 16.3. The van der Waals surface area contributed by atoms with Crippen LogP contribution in [0.4, 0.5) is 5.95 Å². The van der Waals surface area contributed by atoms with Gasteiger partial charge in [0.2, 0.25) is 5.95 Å². The monoisotopic (exact) mass is 404 g/mol. The number of benzene rings is 1. The number of carbonyl (C=O) groups is 1. The molecule has 0 radical (unpaired) electrons. The quantitative estimate of drug-likeness (QED) is 0.650. The van der Waals surface area contributed by atoms with Gasteiger partial charge in [0.05, 0.1) is 21.2 Å². The van der Waals surface area contributed by atoms with Gasteiger partial charge in [0.1, 0.15) is 0 Å². The smallest absolute Gasteiger partial charge is 0.337 e. The number of aromatic carboxylic acids is 1. The van der Waals surface area contributed by atoms with Crippen molar-refractivity contribution in [2.24, 2.45) is 0 Å². The summed E-state index contributed by atoms with van der Waals surface area (Å²) in [5, 5.41) is 12.4. The second kappa shape index (κ2) is 7.89. The minimum absolute atomic E-state index is 0.0134. The number of carboxylic acid groups (broad SMARTS) is 1. The van der Waals surface area contributed by atoms with Gasteiger partial charge in [0.15, 0.2) is 0 Å². The second-order valence-electron chi connectivity index (χ2n) is 5.77. The largest absolute Gasteiger partial charge is 0.478 e. The highest BCUT2D eigenvalue weighted by molar-refractivity contribution is 7.13. The molecule has 3 rings (SSSR count). The Morgan fingerprint density at radius 2 is 2.15 bits per heavy atom. The van der Waals surface area contributed by atoms with Gasteiger partial charge in [-0.3, -0.25) is 4.79 Å². The Morgan fingerprint density at radius 1 is 1.37 bits per heavy atom. The van der Waals surface area contributed by atoms with E-state index in [1.807, 2.05) is 13.8 Å². The molecule has 0 unspecified atom stereocenters. The molecule has 0 bridgehead atoms. The first-order valence-electron chi connectivity index (χ1n) is 8.20. The number of rotatable bonds is 6. The van der Waals surface area contributed by atoms with Crippen molar-refractivity contribution in [1.29, 1.82) is 0 Å². The molecule has 1 aromatic carbocycles. The number of halogens is 1. The van der Waals surface area contributed by atoms with Crippen molar-refractivity contribution in [2.45, 2.75) is 26.9 Å². The molecule has 0 aliphatic heterocycles. The third kappa shape index (κ3) is 4.01. The van der Waals surface area contributed by atoms with Crippen LogP contribution < -0.4 is 10.2 Å². The third-order valence-electron chi connectivity index (χ3n) is 4.06. The van der Waals surface area contributed by atoms with Crippen LogP contribution in [0.1, 0.15) is 28.5 Å². The first-order chi connectivity index (χ1) is 12.9. The standard InChI is InChI=1S/C18H17ClN4O3S/c1-3-23-10(2)15(27-18(23)26)14-6-7-20-17(22-14)21-9-11-4-5-13(19)12(8-11)16(24)25/h4-8H,3,9H2,1-2H3,(H,24,25)(H,20,21,22). The van der Waals surface area contributed by atoms with E-state index in [1.54, 1.807) is 29.0 Å². The lowest BCUT2D eigenvalue weighted by atomic mass is 10.1. The van der Waals surface area contributed by atoms with Gasteiger partial charge in [-0.25, -0.2) is 14.8 Å². The number of anilines is 1. The van der Waals surface area contributed by atoms with E-state index in [0.717, 1.165) is 27.5 Å².